The van der Waals surface area contributed by atoms with Crippen LogP contribution >= 0.6 is 11.3 Å². The molecule has 1 N–H and O–H groups in total. The second-order valence-electron chi connectivity index (χ2n) is 3.52. The first-order valence-electron chi connectivity index (χ1n) is 4.99. The van der Waals surface area contributed by atoms with E-state index >= 15 is 0 Å². The first-order chi connectivity index (χ1) is 7.50. The Balaban J connectivity index is 2.41. The van der Waals surface area contributed by atoms with Gasteiger partial charge in [-0.3, -0.25) is 4.79 Å². The van der Waals surface area contributed by atoms with Gasteiger partial charge >= 0.3 is 10.8 Å². The summed E-state index contributed by atoms with van der Waals surface area (Å²) < 4.78 is 10.2. The van der Waals surface area contributed by atoms with Crippen molar-refractivity contribution in [2.75, 3.05) is 13.2 Å². The molecule has 0 radical (unpaired) electrons. The Labute approximate surface area is 97.4 Å². The van der Waals surface area contributed by atoms with E-state index in [1.807, 2.05) is 13.8 Å². The zero-order valence-electron chi connectivity index (χ0n) is 9.53. The van der Waals surface area contributed by atoms with E-state index in [0.29, 0.717) is 17.2 Å². The molecule has 6 heteroatoms. The summed E-state index contributed by atoms with van der Waals surface area (Å²) >= 11 is 0.860. The number of ether oxygens (including phenoxy) is 2. The van der Waals surface area contributed by atoms with E-state index in [0.717, 1.165) is 11.3 Å². The molecule has 0 aliphatic rings. The van der Waals surface area contributed by atoms with Crippen LogP contribution in [0.4, 0.5) is 0 Å². The monoisotopic (exact) mass is 245 g/mol. The average Bonchev–Trinajstić information content (AvgIpc) is 2.52. The van der Waals surface area contributed by atoms with Crippen molar-refractivity contribution in [2.24, 2.45) is 0 Å². The molecule has 1 aromatic rings. The number of hydrogen-bond donors (Lipinski definition) is 1. The highest BCUT2D eigenvalue weighted by Gasteiger charge is 2.14. The fourth-order valence-electron chi connectivity index (χ4n) is 1.08. The molecule has 1 rings (SSSR count). The van der Waals surface area contributed by atoms with Gasteiger partial charge in [-0.1, -0.05) is 11.3 Å². The van der Waals surface area contributed by atoms with Crippen LogP contribution in [-0.4, -0.2) is 30.3 Å². The quantitative estimate of drug-likeness (QED) is 0.627. The van der Waals surface area contributed by atoms with Crippen LogP contribution in [0.3, 0.4) is 0 Å². The number of H-pyrrole nitrogens is 1. The molecule has 0 amide bonds. The SMILES string of the molecule is Cc1[nH]c(=O)sc1C(=O)OCCOC(C)C. The van der Waals surface area contributed by atoms with Crippen molar-refractivity contribution in [3.05, 3.63) is 20.2 Å². The lowest BCUT2D eigenvalue weighted by atomic mass is 10.4. The number of carbonyl (C=O) groups is 1. The lowest BCUT2D eigenvalue weighted by molar-refractivity contribution is 0.0180. The lowest BCUT2D eigenvalue weighted by Crippen LogP contribution is -2.13. The van der Waals surface area contributed by atoms with E-state index in [4.69, 9.17) is 9.47 Å². The third-order valence-corrected chi connectivity index (χ3v) is 2.74. The van der Waals surface area contributed by atoms with Gasteiger partial charge in [0.05, 0.1) is 12.7 Å². The molecule has 0 aliphatic carbocycles. The van der Waals surface area contributed by atoms with Crippen molar-refractivity contribution in [1.82, 2.24) is 4.98 Å². The molecular weight excluding hydrogens is 230 g/mol. The smallest absolute Gasteiger partial charge is 0.350 e. The molecular formula is C10H15NO4S. The van der Waals surface area contributed by atoms with Crippen molar-refractivity contribution in [2.45, 2.75) is 26.9 Å². The van der Waals surface area contributed by atoms with E-state index < -0.39 is 5.97 Å². The maximum absolute atomic E-state index is 11.5. The van der Waals surface area contributed by atoms with Crippen molar-refractivity contribution in [1.29, 1.82) is 0 Å². The molecule has 0 saturated carbocycles. The Morgan fingerprint density at radius 3 is 2.62 bits per heavy atom. The van der Waals surface area contributed by atoms with Gasteiger partial charge in [-0.05, 0) is 20.8 Å². The topological polar surface area (TPSA) is 68.4 Å². The number of aryl methyl sites for hydroxylation is 1. The van der Waals surface area contributed by atoms with E-state index in [1.165, 1.54) is 0 Å². The number of nitrogens with one attached hydrogen (secondary N) is 1. The predicted octanol–water partition coefficient (Wildman–Crippen LogP) is 1.33. The number of aromatic amines is 1. The van der Waals surface area contributed by atoms with E-state index in [9.17, 15) is 9.59 Å². The highest BCUT2D eigenvalue weighted by molar-refractivity contribution is 7.11. The summed E-state index contributed by atoms with van der Waals surface area (Å²) in [7, 11) is 0. The van der Waals surface area contributed by atoms with Gasteiger partial charge in [0, 0.05) is 5.69 Å². The molecule has 90 valence electrons. The molecule has 0 fully saturated rings. The number of esters is 1. The van der Waals surface area contributed by atoms with Crippen LogP contribution in [0.2, 0.25) is 0 Å². The molecule has 16 heavy (non-hydrogen) atoms. The molecule has 0 aliphatic heterocycles. The maximum atomic E-state index is 11.5. The Bertz CT molecular complexity index is 407. The Hall–Kier alpha value is -1.14. The molecule has 0 saturated heterocycles. The Morgan fingerprint density at radius 2 is 2.12 bits per heavy atom. The number of thiazole rings is 1. The number of hydrogen-bond acceptors (Lipinski definition) is 5. The van der Waals surface area contributed by atoms with Crippen molar-refractivity contribution in [3.63, 3.8) is 0 Å². The minimum atomic E-state index is -0.479. The van der Waals surface area contributed by atoms with Crippen molar-refractivity contribution < 1.29 is 14.3 Å². The van der Waals surface area contributed by atoms with Crippen LogP contribution in [0.25, 0.3) is 0 Å². The number of carbonyl (C=O) groups excluding carboxylic acids is 1. The molecule has 1 aromatic heterocycles. The molecule has 0 unspecified atom stereocenters. The van der Waals surface area contributed by atoms with Crippen molar-refractivity contribution in [3.8, 4) is 0 Å². The normalized spacial score (nSPS) is 10.8. The highest BCUT2D eigenvalue weighted by atomic mass is 32.1. The van der Waals surface area contributed by atoms with Gasteiger partial charge in [0.1, 0.15) is 11.5 Å². The van der Waals surface area contributed by atoms with E-state index in [1.54, 1.807) is 6.92 Å². The third kappa shape index (κ3) is 3.79. The van der Waals surface area contributed by atoms with Crippen LogP contribution in [0.1, 0.15) is 29.2 Å². The zero-order chi connectivity index (χ0) is 12.1. The van der Waals surface area contributed by atoms with Crippen molar-refractivity contribution >= 4 is 17.3 Å². The molecule has 0 spiro atoms. The summed E-state index contributed by atoms with van der Waals surface area (Å²) in [5, 5.41) is 0. The molecule has 5 nitrogen and oxygen atoms in total. The third-order valence-electron chi connectivity index (χ3n) is 1.78. The summed E-state index contributed by atoms with van der Waals surface area (Å²) in [6, 6.07) is 0. The van der Waals surface area contributed by atoms with Gasteiger partial charge < -0.3 is 14.5 Å². The van der Waals surface area contributed by atoms with Gasteiger partial charge in [0.25, 0.3) is 0 Å². The van der Waals surface area contributed by atoms with Crippen LogP contribution in [0.15, 0.2) is 4.79 Å². The summed E-state index contributed by atoms with van der Waals surface area (Å²) in [5.74, 6) is -0.479. The minimum Gasteiger partial charge on any atom is -0.459 e. The summed E-state index contributed by atoms with van der Waals surface area (Å²) in [6.07, 6.45) is 0.115. The first kappa shape index (κ1) is 12.9. The zero-order valence-corrected chi connectivity index (χ0v) is 10.3. The lowest BCUT2D eigenvalue weighted by Gasteiger charge is -2.07. The maximum Gasteiger partial charge on any atom is 0.350 e. The Morgan fingerprint density at radius 1 is 1.44 bits per heavy atom. The van der Waals surface area contributed by atoms with Crippen LogP contribution in [0, 0.1) is 6.92 Å². The fourth-order valence-corrected chi connectivity index (χ4v) is 1.82. The minimum absolute atomic E-state index is 0.115. The highest BCUT2D eigenvalue weighted by Crippen LogP contribution is 2.09. The van der Waals surface area contributed by atoms with E-state index in [2.05, 4.69) is 4.98 Å². The molecule has 0 aromatic carbocycles. The van der Waals surface area contributed by atoms with Crippen LogP contribution in [0.5, 0.6) is 0 Å². The molecule has 0 atom stereocenters. The van der Waals surface area contributed by atoms with Gasteiger partial charge in [-0.2, -0.15) is 0 Å². The Kier molecular flexibility index (Phi) is 4.70. The van der Waals surface area contributed by atoms with Gasteiger partial charge in [0.2, 0.25) is 0 Å². The predicted molar refractivity (Wildman–Crippen MR) is 61.0 cm³/mol. The summed E-state index contributed by atoms with van der Waals surface area (Å²) in [4.78, 5) is 25.1. The number of rotatable bonds is 5. The first-order valence-corrected chi connectivity index (χ1v) is 5.80. The van der Waals surface area contributed by atoms with Gasteiger partial charge in [0.15, 0.2) is 0 Å². The largest absolute Gasteiger partial charge is 0.459 e. The molecule has 1 heterocycles. The van der Waals surface area contributed by atoms with Crippen LogP contribution in [-0.2, 0) is 9.47 Å². The number of aromatic nitrogens is 1. The average molecular weight is 245 g/mol. The standard InChI is InChI=1S/C10H15NO4S/c1-6(2)14-4-5-15-9(12)8-7(3)11-10(13)16-8/h6H,4-5H2,1-3H3,(H,11,13). The van der Waals surface area contributed by atoms with Gasteiger partial charge in [-0.25, -0.2) is 4.79 Å². The van der Waals surface area contributed by atoms with E-state index in [-0.39, 0.29) is 17.6 Å². The van der Waals surface area contributed by atoms with Crippen LogP contribution < -0.4 is 4.87 Å². The second-order valence-corrected chi connectivity index (χ2v) is 4.51. The molecule has 0 bridgehead atoms. The van der Waals surface area contributed by atoms with Gasteiger partial charge in [-0.15, -0.1) is 0 Å². The summed E-state index contributed by atoms with van der Waals surface area (Å²) in [6.45, 7) is 6.04. The second kappa shape index (κ2) is 5.81. The fraction of sp³-hybridized carbons (Fsp3) is 0.600. The summed E-state index contributed by atoms with van der Waals surface area (Å²) in [5.41, 5.74) is 0.546.